The van der Waals surface area contributed by atoms with Crippen LogP contribution in [0.5, 0.6) is 0 Å². The molecular weight excluding hydrogens is 291 g/mol. The van der Waals surface area contributed by atoms with Crippen molar-refractivity contribution in [2.45, 2.75) is 38.8 Å². The third kappa shape index (κ3) is 5.22. The number of hydrogen-bond donors (Lipinski definition) is 1. The Morgan fingerprint density at radius 1 is 1.29 bits per heavy atom. The Balaban J connectivity index is 3.09. The molecule has 0 aromatic heterocycles. The second-order valence-electron chi connectivity index (χ2n) is 5.16. The van der Waals surface area contributed by atoms with Crippen molar-refractivity contribution in [3.63, 3.8) is 0 Å². The minimum Gasteiger partial charge on any atom is -0.383 e. The monoisotopic (exact) mass is 316 g/mol. The van der Waals surface area contributed by atoms with Gasteiger partial charge in [0.2, 0.25) is 0 Å². The number of nitrogens with zero attached hydrogens (tertiary/aromatic N) is 1. The van der Waals surface area contributed by atoms with Gasteiger partial charge in [0.15, 0.2) is 0 Å². The summed E-state index contributed by atoms with van der Waals surface area (Å²) in [5.74, 6) is -0.327. The second-order valence-corrected chi connectivity index (χ2v) is 5.59. The van der Waals surface area contributed by atoms with E-state index in [0.29, 0.717) is 24.2 Å². The molecule has 0 heterocycles. The van der Waals surface area contributed by atoms with Crippen LogP contribution in [0.3, 0.4) is 0 Å². The van der Waals surface area contributed by atoms with Gasteiger partial charge in [0.1, 0.15) is 5.82 Å². The molecule has 0 saturated heterocycles. The van der Waals surface area contributed by atoms with Crippen molar-refractivity contribution in [3.8, 4) is 0 Å². The summed E-state index contributed by atoms with van der Waals surface area (Å²) in [6.07, 6.45) is 2.03. The summed E-state index contributed by atoms with van der Waals surface area (Å²) in [5.41, 5.74) is 6.80. The third-order valence-electron chi connectivity index (χ3n) is 3.86. The van der Waals surface area contributed by atoms with Crippen LogP contribution in [-0.2, 0) is 4.74 Å². The average molecular weight is 317 g/mol. The predicted octanol–water partition coefficient (Wildman–Crippen LogP) is 3.62. The summed E-state index contributed by atoms with van der Waals surface area (Å²) in [4.78, 5) is 2.30. The Morgan fingerprint density at radius 3 is 2.43 bits per heavy atom. The van der Waals surface area contributed by atoms with Crippen molar-refractivity contribution in [1.82, 2.24) is 4.90 Å². The molecule has 3 nitrogen and oxygen atoms in total. The zero-order valence-corrected chi connectivity index (χ0v) is 13.9. The zero-order valence-electron chi connectivity index (χ0n) is 13.1. The zero-order chi connectivity index (χ0) is 15.8. The van der Waals surface area contributed by atoms with Crippen LogP contribution >= 0.6 is 11.6 Å². The first-order valence-corrected chi connectivity index (χ1v) is 7.85. The maximum Gasteiger partial charge on any atom is 0.125 e. The Labute approximate surface area is 132 Å². The van der Waals surface area contributed by atoms with E-state index in [0.717, 1.165) is 24.9 Å². The molecule has 5 heteroatoms. The minimum atomic E-state index is -0.327. The van der Waals surface area contributed by atoms with Gasteiger partial charge in [-0.3, -0.25) is 4.90 Å². The van der Waals surface area contributed by atoms with Crippen molar-refractivity contribution < 1.29 is 9.13 Å². The lowest BCUT2D eigenvalue weighted by atomic mass is 10.0. The fourth-order valence-corrected chi connectivity index (χ4v) is 3.01. The smallest absolute Gasteiger partial charge is 0.125 e. The van der Waals surface area contributed by atoms with Crippen LogP contribution in [0.15, 0.2) is 18.2 Å². The molecule has 0 amide bonds. The van der Waals surface area contributed by atoms with Crippen molar-refractivity contribution in [3.05, 3.63) is 34.6 Å². The molecule has 0 aliphatic rings. The first kappa shape index (κ1) is 18.4. The Kier molecular flexibility index (Phi) is 8.19. The van der Waals surface area contributed by atoms with Gasteiger partial charge in [-0.05, 0) is 36.6 Å². The number of rotatable bonds is 9. The van der Waals surface area contributed by atoms with E-state index in [-0.39, 0.29) is 11.9 Å². The summed E-state index contributed by atoms with van der Waals surface area (Å²) in [7, 11) is 1.68. The van der Waals surface area contributed by atoms with Crippen molar-refractivity contribution >= 4 is 11.6 Å². The number of methoxy groups -OCH3 is 1. The molecule has 0 saturated carbocycles. The van der Waals surface area contributed by atoms with Gasteiger partial charge in [0.25, 0.3) is 0 Å². The lowest BCUT2D eigenvalue weighted by Gasteiger charge is -2.37. The molecule has 0 bridgehead atoms. The van der Waals surface area contributed by atoms with Crippen LogP contribution in [0.1, 0.15) is 38.3 Å². The standard InChI is InChI=1S/C16H26ClFN2O/c1-4-15(5-2)20(6-7-21-3)16(11-19)12-8-13(17)10-14(18)9-12/h8-10,15-16H,4-7,11,19H2,1-3H3. The van der Waals surface area contributed by atoms with Gasteiger partial charge in [-0.1, -0.05) is 25.4 Å². The molecule has 21 heavy (non-hydrogen) atoms. The number of ether oxygens (including phenoxy) is 1. The maximum atomic E-state index is 13.6. The summed E-state index contributed by atoms with van der Waals surface area (Å²) in [6.45, 7) is 6.11. The number of hydrogen-bond acceptors (Lipinski definition) is 3. The van der Waals surface area contributed by atoms with Crippen LogP contribution < -0.4 is 5.73 Å². The van der Waals surface area contributed by atoms with Crippen LogP contribution in [0.25, 0.3) is 0 Å². The SMILES string of the molecule is CCC(CC)N(CCOC)C(CN)c1cc(F)cc(Cl)c1. The first-order valence-electron chi connectivity index (χ1n) is 7.48. The van der Waals surface area contributed by atoms with Gasteiger partial charge in [0, 0.05) is 37.3 Å². The van der Waals surface area contributed by atoms with Gasteiger partial charge >= 0.3 is 0 Å². The fourth-order valence-electron chi connectivity index (χ4n) is 2.78. The molecule has 1 atom stereocenters. The summed E-state index contributed by atoms with van der Waals surface area (Å²) in [5, 5.41) is 0.402. The van der Waals surface area contributed by atoms with E-state index in [9.17, 15) is 4.39 Å². The lowest BCUT2D eigenvalue weighted by molar-refractivity contribution is 0.0816. The largest absolute Gasteiger partial charge is 0.383 e. The average Bonchev–Trinajstić information content (AvgIpc) is 2.45. The van der Waals surface area contributed by atoms with Gasteiger partial charge < -0.3 is 10.5 Å². The summed E-state index contributed by atoms with van der Waals surface area (Å²) in [6, 6.07) is 4.96. The molecule has 1 unspecified atom stereocenters. The highest BCUT2D eigenvalue weighted by molar-refractivity contribution is 6.30. The summed E-state index contributed by atoms with van der Waals surface area (Å²) < 4.78 is 18.8. The van der Waals surface area contributed by atoms with E-state index < -0.39 is 0 Å². The normalized spacial score (nSPS) is 13.1. The molecule has 0 radical (unpaired) electrons. The molecular formula is C16H26ClFN2O. The van der Waals surface area contributed by atoms with E-state index in [1.807, 2.05) is 0 Å². The van der Waals surface area contributed by atoms with Crippen molar-refractivity contribution in [2.75, 3.05) is 26.8 Å². The van der Waals surface area contributed by atoms with Gasteiger partial charge in [0.05, 0.1) is 6.61 Å². The third-order valence-corrected chi connectivity index (χ3v) is 4.08. The highest BCUT2D eigenvalue weighted by atomic mass is 35.5. The van der Waals surface area contributed by atoms with Crippen molar-refractivity contribution in [1.29, 1.82) is 0 Å². The molecule has 1 rings (SSSR count). The van der Waals surface area contributed by atoms with Crippen LogP contribution in [0, 0.1) is 5.82 Å². The quantitative estimate of drug-likeness (QED) is 0.756. The Hall–Kier alpha value is -0.680. The van der Waals surface area contributed by atoms with Gasteiger partial charge in [-0.2, -0.15) is 0 Å². The molecule has 2 N–H and O–H groups in total. The van der Waals surface area contributed by atoms with E-state index in [4.69, 9.17) is 22.1 Å². The molecule has 0 aliphatic heterocycles. The van der Waals surface area contributed by atoms with E-state index in [1.54, 1.807) is 13.2 Å². The molecule has 0 spiro atoms. The minimum absolute atomic E-state index is 0.0572. The topological polar surface area (TPSA) is 38.5 Å². The molecule has 1 aromatic rings. The Bertz CT molecular complexity index is 406. The van der Waals surface area contributed by atoms with Crippen LogP contribution in [-0.4, -0.2) is 37.7 Å². The molecule has 0 aliphatic carbocycles. The first-order chi connectivity index (χ1) is 10.1. The lowest BCUT2D eigenvalue weighted by Crippen LogP contribution is -2.42. The highest BCUT2D eigenvalue weighted by Gasteiger charge is 2.25. The maximum absolute atomic E-state index is 13.6. The Morgan fingerprint density at radius 2 is 1.95 bits per heavy atom. The predicted molar refractivity (Wildman–Crippen MR) is 86.2 cm³/mol. The van der Waals surface area contributed by atoms with E-state index >= 15 is 0 Å². The second kappa shape index (κ2) is 9.36. The van der Waals surface area contributed by atoms with E-state index in [1.165, 1.54) is 12.1 Å². The summed E-state index contributed by atoms with van der Waals surface area (Å²) >= 11 is 5.98. The molecule has 0 fully saturated rings. The number of benzene rings is 1. The van der Waals surface area contributed by atoms with Crippen LogP contribution in [0.2, 0.25) is 5.02 Å². The number of nitrogens with two attached hydrogens (primary N) is 1. The van der Waals surface area contributed by atoms with Crippen molar-refractivity contribution in [2.24, 2.45) is 5.73 Å². The van der Waals surface area contributed by atoms with Gasteiger partial charge in [-0.15, -0.1) is 0 Å². The number of halogens is 2. The van der Waals surface area contributed by atoms with Crippen LogP contribution in [0.4, 0.5) is 4.39 Å². The van der Waals surface area contributed by atoms with E-state index in [2.05, 4.69) is 18.7 Å². The fraction of sp³-hybridized carbons (Fsp3) is 0.625. The molecule has 120 valence electrons. The molecule has 1 aromatic carbocycles. The van der Waals surface area contributed by atoms with Gasteiger partial charge in [-0.25, -0.2) is 4.39 Å². The highest BCUT2D eigenvalue weighted by Crippen LogP contribution is 2.27.